The number of aryl methyl sites for hydroxylation is 2. The van der Waals surface area contributed by atoms with E-state index in [1.165, 1.54) is 16.9 Å². The molecule has 1 aliphatic rings. The van der Waals surface area contributed by atoms with Crippen molar-refractivity contribution in [1.29, 1.82) is 0 Å². The van der Waals surface area contributed by atoms with Gasteiger partial charge in [0.15, 0.2) is 0 Å². The molecular formula is C11H17NO2S2. The standard InChI is InChI=1S/C11H17NO2S2/c1-8(2)16(13,14)12-7-10-6-9-4-3-5-11(9)15-10/h6,8,12H,3-5,7H2,1-2H3. The Kier molecular flexibility index (Phi) is 3.37. The van der Waals surface area contributed by atoms with Crippen molar-refractivity contribution in [1.82, 2.24) is 4.72 Å². The topological polar surface area (TPSA) is 46.2 Å². The minimum absolute atomic E-state index is 0.362. The SMILES string of the molecule is CC(C)S(=O)(=O)NCc1cc2c(s1)CCC2. The van der Waals surface area contributed by atoms with Gasteiger partial charge in [-0.1, -0.05) is 0 Å². The van der Waals surface area contributed by atoms with Crippen LogP contribution in [0.1, 0.15) is 35.6 Å². The average molecular weight is 259 g/mol. The summed E-state index contributed by atoms with van der Waals surface area (Å²) < 4.78 is 25.8. The van der Waals surface area contributed by atoms with E-state index >= 15 is 0 Å². The predicted molar refractivity (Wildman–Crippen MR) is 67.2 cm³/mol. The monoisotopic (exact) mass is 259 g/mol. The van der Waals surface area contributed by atoms with E-state index in [2.05, 4.69) is 10.8 Å². The lowest BCUT2D eigenvalue weighted by Crippen LogP contribution is -2.29. The van der Waals surface area contributed by atoms with Crippen molar-refractivity contribution in [2.45, 2.75) is 44.9 Å². The summed E-state index contributed by atoms with van der Waals surface area (Å²) in [7, 11) is -3.13. The molecular weight excluding hydrogens is 242 g/mol. The number of nitrogens with one attached hydrogen (secondary N) is 1. The first-order valence-electron chi connectivity index (χ1n) is 5.58. The molecule has 90 valence electrons. The van der Waals surface area contributed by atoms with E-state index in [0.29, 0.717) is 6.54 Å². The molecule has 1 aromatic rings. The Morgan fingerprint density at radius 1 is 1.44 bits per heavy atom. The lowest BCUT2D eigenvalue weighted by atomic mass is 10.2. The van der Waals surface area contributed by atoms with Gasteiger partial charge in [-0.3, -0.25) is 0 Å². The number of fused-ring (bicyclic) bond motifs is 1. The van der Waals surface area contributed by atoms with Crippen LogP contribution in [-0.2, 0) is 29.4 Å². The van der Waals surface area contributed by atoms with Gasteiger partial charge >= 0.3 is 0 Å². The second-order valence-corrected chi connectivity index (χ2v) is 7.97. The average Bonchev–Trinajstić information content (AvgIpc) is 2.73. The Morgan fingerprint density at radius 2 is 2.19 bits per heavy atom. The molecule has 0 amide bonds. The van der Waals surface area contributed by atoms with Crippen LogP contribution in [0.4, 0.5) is 0 Å². The molecule has 16 heavy (non-hydrogen) atoms. The van der Waals surface area contributed by atoms with E-state index in [1.54, 1.807) is 25.2 Å². The Morgan fingerprint density at radius 3 is 2.81 bits per heavy atom. The largest absolute Gasteiger partial charge is 0.214 e. The fourth-order valence-corrected chi connectivity index (χ4v) is 3.80. The normalized spacial score (nSPS) is 15.7. The molecule has 0 saturated carbocycles. The third-order valence-electron chi connectivity index (χ3n) is 2.87. The molecule has 0 bridgehead atoms. The highest BCUT2D eigenvalue weighted by atomic mass is 32.2. The molecule has 1 aromatic heterocycles. The molecule has 0 unspecified atom stereocenters. The first kappa shape index (κ1) is 12.1. The molecule has 0 radical (unpaired) electrons. The zero-order chi connectivity index (χ0) is 11.8. The first-order valence-corrected chi connectivity index (χ1v) is 7.94. The Bertz CT molecular complexity index is 453. The fourth-order valence-electron chi connectivity index (χ4n) is 1.82. The number of hydrogen-bond donors (Lipinski definition) is 1. The van der Waals surface area contributed by atoms with Gasteiger partial charge in [0.2, 0.25) is 10.0 Å². The zero-order valence-electron chi connectivity index (χ0n) is 9.62. The summed E-state index contributed by atoms with van der Waals surface area (Å²) in [5.74, 6) is 0. The van der Waals surface area contributed by atoms with Gasteiger partial charge in [-0.15, -0.1) is 11.3 Å². The van der Waals surface area contributed by atoms with Gasteiger partial charge in [-0.05, 0) is 44.7 Å². The summed E-state index contributed by atoms with van der Waals surface area (Å²) in [6.45, 7) is 3.83. The quantitative estimate of drug-likeness (QED) is 0.899. The van der Waals surface area contributed by atoms with Crippen molar-refractivity contribution >= 4 is 21.4 Å². The molecule has 0 aromatic carbocycles. The van der Waals surface area contributed by atoms with Crippen molar-refractivity contribution < 1.29 is 8.42 Å². The van der Waals surface area contributed by atoms with Crippen LogP contribution in [0.15, 0.2) is 6.07 Å². The predicted octanol–water partition coefficient (Wildman–Crippen LogP) is 2.06. The van der Waals surface area contributed by atoms with Gasteiger partial charge in [0, 0.05) is 16.3 Å². The zero-order valence-corrected chi connectivity index (χ0v) is 11.2. The molecule has 5 heteroatoms. The molecule has 0 fully saturated rings. The van der Waals surface area contributed by atoms with E-state index in [-0.39, 0.29) is 5.25 Å². The molecule has 2 rings (SSSR count). The second-order valence-electron chi connectivity index (χ2n) is 4.43. The van der Waals surface area contributed by atoms with E-state index in [4.69, 9.17) is 0 Å². The van der Waals surface area contributed by atoms with E-state index < -0.39 is 10.0 Å². The minimum Gasteiger partial charge on any atom is -0.212 e. The van der Waals surface area contributed by atoms with Crippen molar-refractivity contribution in [2.24, 2.45) is 0 Å². The molecule has 0 spiro atoms. The highest BCUT2D eigenvalue weighted by molar-refractivity contribution is 7.90. The molecule has 0 atom stereocenters. The van der Waals surface area contributed by atoms with Gasteiger partial charge in [0.05, 0.1) is 5.25 Å². The maximum atomic E-state index is 11.6. The molecule has 1 aliphatic carbocycles. The van der Waals surface area contributed by atoms with Crippen LogP contribution in [0.5, 0.6) is 0 Å². The van der Waals surface area contributed by atoms with Crippen LogP contribution < -0.4 is 4.72 Å². The third-order valence-corrected chi connectivity index (χ3v) is 5.89. The Hall–Kier alpha value is -0.390. The molecule has 0 aliphatic heterocycles. The lowest BCUT2D eigenvalue weighted by Gasteiger charge is -2.08. The van der Waals surface area contributed by atoms with E-state index in [9.17, 15) is 8.42 Å². The van der Waals surface area contributed by atoms with Crippen LogP contribution in [0.2, 0.25) is 0 Å². The van der Waals surface area contributed by atoms with Gasteiger partial charge < -0.3 is 0 Å². The molecule has 0 saturated heterocycles. The Labute approximate surface area is 101 Å². The van der Waals surface area contributed by atoms with Crippen LogP contribution in [0, 0.1) is 0 Å². The Balaban J connectivity index is 2.00. The van der Waals surface area contributed by atoms with Gasteiger partial charge in [0.1, 0.15) is 0 Å². The van der Waals surface area contributed by atoms with E-state index in [0.717, 1.165) is 17.7 Å². The summed E-state index contributed by atoms with van der Waals surface area (Å²) in [5.41, 5.74) is 1.42. The summed E-state index contributed by atoms with van der Waals surface area (Å²) in [6, 6.07) is 2.15. The summed E-state index contributed by atoms with van der Waals surface area (Å²) >= 11 is 1.75. The van der Waals surface area contributed by atoms with Gasteiger partial charge in [-0.25, -0.2) is 13.1 Å². The maximum Gasteiger partial charge on any atom is 0.214 e. The highest BCUT2D eigenvalue weighted by Crippen LogP contribution is 2.30. The smallest absolute Gasteiger partial charge is 0.212 e. The highest BCUT2D eigenvalue weighted by Gasteiger charge is 2.18. The molecule has 1 N–H and O–H groups in total. The van der Waals surface area contributed by atoms with Crippen LogP contribution in [0.25, 0.3) is 0 Å². The van der Waals surface area contributed by atoms with Crippen LogP contribution >= 0.6 is 11.3 Å². The summed E-state index contributed by atoms with van der Waals surface area (Å²) in [6.07, 6.45) is 3.57. The van der Waals surface area contributed by atoms with E-state index in [1.807, 2.05) is 0 Å². The van der Waals surface area contributed by atoms with Crippen molar-refractivity contribution in [3.05, 3.63) is 21.4 Å². The third kappa shape index (κ3) is 2.47. The summed E-state index contributed by atoms with van der Waals surface area (Å²) in [4.78, 5) is 2.58. The van der Waals surface area contributed by atoms with Gasteiger partial charge in [0.25, 0.3) is 0 Å². The number of sulfonamides is 1. The van der Waals surface area contributed by atoms with Crippen LogP contribution in [-0.4, -0.2) is 13.7 Å². The first-order chi connectivity index (χ1) is 7.49. The lowest BCUT2D eigenvalue weighted by molar-refractivity contribution is 0.572. The maximum absolute atomic E-state index is 11.6. The van der Waals surface area contributed by atoms with Crippen molar-refractivity contribution in [2.75, 3.05) is 0 Å². The van der Waals surface area contributed by atoms with Gasteiger partial charge in [-0.2, -0.15) is 0 Å². The number of thiophene rings is 1. The molecule has 3 nitrogen and oxygen atoms in total. The number of hydrogen-bond acceptors (Lipinski definition) is 3. The fraction of sp³-hybridized carbons (Fsp3) is 0.636. The minimum atomic E-state index is -3.13. The second kappa shape index (κ2) is 4.47. The summed E-state index contributed by atoms with van der Waals surface area (Å²) in [5, 5.41) is -0.362. The van der Waals surface area contributed by atoms with Crippen molar-refractivity contribution in [3.8, 4) is 0 Å². The van der Waals surface area contributed by atoms with Crippen molar-refractivity contribution in [3.63, 3.8) is 0 Å². The number of rotatable bonds is 4. The van der Waals surface area contributed by atoms with Crippen LogP contribution in [0.3, 0.4) is 0 Å². The molecule has 1 heterocycles.